The van der Waals surface area contributed by atoms with Gasteiger partial charge in [-0.2, -0.15) is 5.10 Å². The quantitative estimate of drug-likeness (QED) is 0.363. The van der Waals surface area contributed by atoms with Gasteiger partial charge in [0.15, 0.2) is 11.5 Å². The summed E-state index contributed by atoms with van der Waals surface area (Å²) in [6.07, 6.45) is 8.73. The van der Waals surface area contributed by atoms with Gasteiger partial charge in [0.25, 0.3) is 0 Å². The number of hydrogen-bond donors (Lipinski definition) is 0. The Morgan fingerprint density at radius 1 is 0.938 bits per heavy atom. The Bertz CT molecular complexity index is 1370. The number of para-hydroxylation sites is 1. The first kappa shape index (κ1) is 20.3. The zero-order chi connectivity index (χ0) is 22.1. The lowest BCUT2D eigenvalue weighted by Crippen LogP contribution is -2.07. The van der Waals surface area contributed by atoms with Crippen molar-refractivity contribution in [3.05, 3.63) is 66.4 Å². The molecule has 0 radical (unpaired) electrons. The molecule has 0 unspecified atom stereocenters. The molecule has 4 heterocycles. The third kappa shape index (κ3) is 3.44. The number of fused-ring (bicyclic) bond motifs is 1. The van der Waals surface area contributed by atoms with Crippen LogP contribution in [0.15, 0.2) is 65.4 Å². The summed E-state index contributed by atoms with van der Waals surface area (Å²) < 4.78 is 3.89. The van der Waals surface area contributed by atoms with Crippen LogP contribution in [0.3, 0.4) is 0 Å². The molecule has 32 heavy (non-hydrogen) atoms. The Labute approximate surface area is 189 Å². The van der Waals surface area contributed by atoms with Gasteiger partial charge in [-0.3, -0.25) is 14.2 Å². The highest BCUT2D eigenvalue weighted by Crippen LogP contribution is 2.36. The number of benzene rings is 1. The maximum atomic E-state index is 4.59. The molecule has 0 aliphatic heterocycles. The van der Waals surface area contributed by atoms with Gasteiger partial charge in [0.2, 0.25) is 5.16 Å². The topological polar surface area (TPSA) is 87.2 Å². The molecule has 8 nitrogen and oxygen atoms in total. The van der Waals surface area contributed by atoms with Crippen LogP contribution in [0.25, 0.3) is 28.1 Å². The van der Waals surface area contributed by atoms with E-state index < -0.39 is 0 Å². The molecule has 1 aromatic carbocycles. The Hall–Kier alpha value is -3.59. The lowest BCUT2D eigenvalue weighted by Gasteiger charge is -2.17. The Balaban J connectivity index is 1.74. The monoisotopic (exact) mass is 442 g/mol. The Morgan fingerprint density at radius 2 is 1.75 bits per heavy atom. The van der Waals surface area contributed by atoms with Gasteiger partial charge in [-0.15, -0.1) is 10.2 Å². The van der Waals surface area contributed by atoms with Gasteiger partial charge in [0, 0.05) is 25.0 Å². The van der Waals surface area contributed by atoms with E-state index in [0.29, 0.717) is 0 Å². The van der Waals surface area contributed by atoms with Gasteiger partial charge in [0.05, 0.1) is 17.3 Å². The fourth-order valence-corrected chi connectivity index (χ4v) is 4.71. The molecular weight excluding hydrogens is 420 g/mol. The summed E-state index contributed by atoms with van der Waals surface area (Å²) in [5, 5.41) is 15.9. The lowest BCUT2D eigenvalue weighted by molar-refractivity contribution is 0.784. The zero-order valence-corrected chi connectivity index (χ0v) is 18.9. The number of hydrogen-bond acceptors (Lipinski definition) is 7. The predicted molar refractivity (Wildman–Crippen MR) is 124 cm³/mol. The highest BCUT2D eigenvalue weighted by atomic mass is 32.2. The van der Waals surface area contributed by atoms with Crippen molar-refractivity contribution in [3.8, 4) is 17.1 Å². The summed E-state index contributed by atoms with van der Waals surface area (Å²) >= 11 is 1.47. The number of pyridine rings is 1. The van der Waals surface area contributed by atoms with Gasteiger partial charge in [-0.05, 0) is 47.9 Å². The van der Waals surface area contributed by atoms with Crippen molar-refractivity contribution in [2.75, 3.05) is 0 Å². The second-order valence-electron chi connectivity index (χ2n) is 7.30. The minimum atomic E-state index is 0.739. The largest absolute Gasteiger partial charge is 0.269 e. The molecule has 0 saturated heterocycles. The number of aromatic nitrogens is 8. The first-order valence-electron chi connectivity index (χ1n) is 10.5. The molecule has 0 aliphatic carbocycles. The zero-order valence-electron chi connectivity index (χ0n) is 18.1. The van der Waals surface area contributed by atoms with E-state index in [1.807, 2.05) is 25.4 Å². The second kappa shape index (κ2) is 8.51. The third-order valence-electron chi connectivity index (χ3n) is 5.42. The van der Waals surface area contributed by atoms with Gasteiger partial charge in [-0.25, -0.2) is 9.97 Å². The third-order valence-corrected chi connectivity index (χ3v) is 6.39. The van der Waals surface area contributed by atoms with E-state index in [4.69, 9.17) is 0 Å². The molecule has 0 amide bonds. The molecule has 0 atom stereocenters. The highest BCUT2D eigenvalue weighted by molar-refractivity contribution is 7.99. The number of rotatable bonds is 6. The maximum absolute atomic E-state index is 4.59. The summed E-state index contributed by atoms with van der Waals surface area (Å²) in [7, 11) is 1.87. The van der Waals surface area contributed by atoms with E-state index in [-0.39, 0.29) is 0 Å². The average molecular weight is 443 g/mol. The Morgan fingerprint density at radius 3 is 2.47 bits per heavy atom. The van der Waals surface area contributed by atoms with Crippen molar-refractivity contribution in [1.29, 1.82) is 0 Å². The van der Waals surface area contributed by atoms with Crippen LogP contribution in [0, 0.1) is 0 Å². The summed E-state index contributed by atoms with van der Waals surface area (Å²) in [5.41, 5.74) is 5.30. The van der Waals surface area contributed by atoms with Crippen LogP contribution in [0.5, 0.6) is 0 Å². The molecule has 160 valence electrons. The van der Waals surface area contributed by atoms with Crippen LogP contribution in [-0.2, 0) is 19.9 Å². The van der Waals surface area contributed by atoms with Crippen molar-refractivity contribution < 1.29 is 0 Å². The van der Waals surface area contributed by atoms with Crippen LogP contribution < -0.4 is 0 Å². The van der Waals surface area contributed by atoms with Crippen LogP contribution in [0.2, 0.25) is 0 Å². The molecule has 5 aromatic rings. The second-order valence-corrected chi connectivity index (χ2v) is 8.26. The summed E-state index contributed by atoms with van der Waals surface area (Å²) in [6, 6.07) is 10.4. The molecule has 9 heteroatoms. The average Bonchev–Trinajstić information content (AvgIpc) is 3.43. The van der Waals surface area contributed by atoms with Crippen molar-refractivity contribution in [3.63, 3.8) is 0 Å². The molecule has 0 saturated carbocycles. The lowest BCUT2D eigenvalue weighted by atomic mass is 10.0. The first-order valence-corrected chi connectivity index (χ1v) is 11.3. The van der Waals surface area contributed by atoms with Crippen molar-refractivity contribution in [2.24, 2.45) is 7.05 Å². The van der Waals surface area contributed by atoms with E-state index in [0.717, 1.165) is 51.1 Å². The fourth-order valence-electron chi connectivity index (χ4n) is 3.83. The fraction of sp³-hybridized carbons (Fsp3) is 0.217. The van der Waals surface area contributed by atoms with E-state index in [2.05, 4.69) is 66.9 Å². The summed E-state index contributed by atoms with van der Waals surface area (Å²) in [4.78, 5) is 13.2. The number of aryl methyl sites for hydroxylation is 3. The van der Waals surface area contributed by atoms with Crippen molar-refractivity contribution in [1.82, 2.24) is 39.5 Å². The van der Waals surface area contributed by atoms with Gasteiger partial charge in [0.1, 0.15) is 11.4 Å². The molecule has 0 N–H and O–H groups in total. The highest BCUT2D eigenvalue weighted by Gasteiger charge is 2.22. The molecule has 0 bridgehead atoms. The van der Waals surface area contributed by atoms with Crippen LogP contribution in [-0.4, -0.2) is 39.5 Å². The van der Waals surface area contributed by atoms with E-state index in [1.165, 1.54) is 22.9 Å². The van der Waals surface area contributed by atoms with Crippen molar-refractivity contribution in [2.45, 2.75) is 36.9 Å². The van der Waals surface area contributed by atoms with Crippen LogP contribution >= 0.6 is 11.8 Å². The van der Waals surface area contributed by atoms with Gasteiger partial charge < -0.3 is 0 Å². The molecular formula is C23H22N8S. The predicted octanol–water partition coefficient (Wildman–Crippen LogP) is 4.28. The smallest absolute Gasteiger partial charge is 0.202 e. The minimum absolute atomic E-state index is 0.739. The maximum Gasteiger partial charge on any atom is 0.202 e. The minimum Gasteiger partial charge on any atom is -0.269 e. The van der Waals surface area contributed by atoms with E-state index in [9.17, 15) is 0 Å². The van der Waals surface area contributed by atoms with Crippen molar-refractivity contribution >= 4 is 22.8 Å². The first-order chi connectivity index (χ1) is 15.7. The van der Waals surface area contributed by atoms with E-state index in [1.54, 1.807) is 23.4 Å². The Kier molecular flexibility index (Phi) is 5.40. The molecule has 0 aliphatic rings. The van der Waals surface area contributed by atoms with Gasteiger partial charge in [-0.1, -0.05) is 32.0 Å². The summed E-state index contributed by atoms with van der Waals surface area (Å²) in [6.45, 7) is 4.34. The normalized spacial score (nSPS) is 11.3. The summed E-state index contributed by atoms with van der Waals surface area (Å²) in [5.74, 6) is 0.757. The van der Waals surface area contributed by atoms with Crippen LogP contribution in [0.1, 0.15) is 25.0 Å². The molecule has 0 spiro atoms. The standard InChI is InChI=1S/C23H22N8S/c1-4-15-8-6-9-16(5-2)19(15)31-20(17-10-7-11-24-12-17)28-29-23(31)32-22-18-13-27-30(3)21(18)25-14-26-22/h6-14H,4-5H2,1-3H3. The number of nitrogens with zero attached hydrogens (tertiary/aromatic N) is 8. The molecule has 5 rings (SSSR count). The van der Waals surface area contributed by atoms with E-state index >= 15 is 0 Å². The molecule has 4 aromatic heterocycles. The van der Waals surface area contributed by atoms with Crippen LogP contribution in [0.4, 0.5) is 0 Å². The van der Waals surface area contributed by atoms with Gasteiger partial charge >= 0.3 is 0 Å². The molecule has 0 fully saturated rings. The SMILES string of the molecule is CCc1cccc(CC)c1-n1c(Sc2ncnc3c2cnn3C)nnc1-c1cccnc1.